The summed E-state index contributed by atoms with van der Waals surface area (Å²) < 4.78 is 0. The van der Waals surface area contributed by atoms with Gasteiger partial charge in [0.25, 0.3) is 0 Å². The van der Waals surface area contributed by atoms with Gasteiger partial charge in [0.2, 0.25) is 0 Å². The van der Waals surface area contributed by atoms with E-state index >= 15 is 0 Å². The van der Waals surface area contributed by atoms with Crippen molar-refractivity contribution in [1.29, 1.82) is 0 Å². The van der Waals surface area contributed by atoms with Crippen molar-refractivity contribution in [2.24, 2.45) is 0 Å². The Morgan fingerprint density at radius 3 is 0.500 bits per heavy atom. The van der Waals surface area contributed by atoms with Crippen LogP contribution in [0.5, 0.6) is 0 Å². The molecule has 0 spiro atoms. The molecule has 0 atom stereocenters. The van der Waals surface area contributed by atoms with Gasteiger partial charge in [-0.1, -0.05) is 253 Å². The van der Waals surface area contributed by atoms with E-state index in [2.05, 4.69) is 173 Å². The summed E-state index contributed by atoms with van der Waals surface area (Å²) in [7, 11) is 0. The highest BCUT2D eigenvalue weighted by atomic mass is 14.4. The zero-order valence-corrected chi connectivity index (χ0v) is 47.7. The second-order valence-electron chi connectivity index (χ2n) is 23.2. The molecule has 0 radical (unpaired) electrons. The molecule has 0 heterocycles. The first-order chi connectivity index (χ1) is 37.5. The van der Waals surface area contributed by atoms with Gasteiger partial charge < -0.3 is 0 Å². The maximum absolute atomic E-state index is 2.50. The van der Waals surface area contributed by atoms with Crippen molar-refractivity contribution >= 4 is 22.3 Å². The van der Waals surface area contributed by atoms with E-state index < -0.39 is 0 Å². The quantitative estimate of drug-likeness (QED) is 0.0369. The zero-order valence-electron chi connectivity index (χ0n) is 47.7. The topological polar surface area (TPSA) is 0 Å². The minimum Gasteiger partial charge on any atom is -0.0654 e. The van der Waals surface area contributed by atoms with Crippen LogP contribution in [0.3, 0.4) is 0 Å². The van der Waals surface area contributed by atoms with E-state index in [0.717, 1.165) is 25.7 Å². The summed E-state index contributed by atoms with van der Waals surface area (Å²) in [5.41, 5.74) is 27.2. The predicted octanol–water partition coefficient (Wildman–Crippen LogP) is 23.3. The molecule has 0 N–H and O–H groups in total. The Bertz CT molecular complexity index is 2430. The van der Waals surface area contributed by atoms with Crippen molar-refractivity contribution in [3.8, 4) is 44.5 Å². The fourth-order valence-electron chi connectivity index (χ4n) is 12.4. The molecule has 0 aromatic heterocycles. The summed E-state index contributed by atoms with van der Waals surface area (Å²) in [6, 6.07) is 58.4. The van der Waals surface area contributed by atoms with Crippen LogP contribution in [0.1, 0.15) is 226 Å². The van der Waals surface area contributed by atoms with Gasteiger partial charge in [-0.3, -0.25) is 0 Å². The average molecular weight is 1010 g/mol. The van der Waals surface area contributed by atoms with Crippen LogP contribution in [0.15, 0.2) is 146 Å². The van der Waals surface area contributed by atoms with Gasteiger partial charge in [-0.15, -0.1) is 0 Å². The number of unbranched alkanes of at least 4 members (excludes halogenated alkanes) is 20. The number of fused-ring (bicyclic) bond motifs is 4. The van der Waals surface area contributed by atoms with Gasteiger partial charge in [-0.25, -0.2) is 0 Å². The molecule has 9 aliphatic carbocycles. The molecule has 0 amide bonds. The molecule has 396 valence electrons. The SMILES string of the molecule is CCCCCCCCc1ccc2cc(C3=C(c4cc5ccc(CCCCCCCC)ccc-5c4)C(c4cc5ccc(CCCCCCCC)ccc-5c4)=C3c3cc4ccc(CCCCCCCC)ccc-4c3)cc-2cc1. The monoisotopic (exact) mass is 1000 g/mol. The highest BCUT2D eigenvalue weighted by molar-refractivity contribution is 6.44. The summed E-state index contributed by atoms with van der Waals surface area (Å²) >= 11 is 0. The molecule has 0 aromatic carbocycles. The molecule has 0 unspecified atom stereocenters. The second-order valence-corrected chi connectivity index (χ2v) is 23.2. The molecule has 0 fully saturated rings. The molecule has 0 bridgehead atoms. The molecule has 9 aliphatic rings. The van der Waals surface area contributed by atoms with Crippen molar-refractivity contribution in [2.75, 3.05) is 0 Å². The first-order valence-corrected chi connectivity index (χ1v) is 31.1. The lowest BCUT2D eigenvalue weighted by Crippen LogP contribution is -2.08. The maximum atomic E-state index is 2.50. The number of allylic oxidation sites excluding steroid dienone is 4. The molecule has 0 aromatic rings. The highest BCUT2D eigenvalue weighted by Crippen LogP contribution is 2.59. The highest BCUT2D eigenvalue weighted by Gasteiger charge is 2.36. The van der Waals surface area contributed by atoms with Crippen molar-refractivity contribution in [3.05, 3.63) is 190 Å². The van der Waals surface area contributed by atoms with Crippen LogP contribution in [-0.2, 0) is 25.7 Å². The minimum atomic E-state index is 1.15. The van der Waals surface area contributed by atoms with E-state index in [1.807, 2.05) is 0 Å². The molecule has 76 heavy (non-hydrogen) atoms. The van der Waals surface area contributed by atoms with Crippen LogP contribution in [0, 0.1) is 0 Å². The fraction of sp³-hybridized carbons (Fsp3) is 0.421. The van der Waals surface area contributed by atoms with E-state index in [1.165, 1.54) is 265 Å². The normalized spacial score (nSPS) is 12.8. The Balaban J connectivity index is 1.11. The standard InChI is InChI=1S/C76H92/c1-5-9-13-17-21-25-29-57-33-41-61-49-69(50-62(61)42-34-57)73-74(70-51-63-43-35-58(36-44-64(63)52-70)30-26-22-18-14-10-6-2)76(72-55-67-47-39-60(40-48-68(67)56-72)32-28-24-20-16-12-8-4)75(73)71-53-65-45-37-59(38-46-66(65)54-71)31-27-23-19-15-11-7-3/h33-56H,5-32H2,1-4H3. The van der Waals surface area contributed by atoms with Crippen LogP contribution in [0.2, 0.25) is 0 Å². The van der Waals surface area contributed by atoms with Gasteiger partial charge >= 0.3 is 0 Å². The van der Waals surface area contributed by atoms with Crippen molar-refractivity contribution < 1.29 is 0 Å². The van der Waals surface area contributed by atoms with Gasteiger partial charge in [0, 0.05) is 0 Å². The lowest BCUT2D eigenvalue weighted by atomic mass is 9.71. The Morgan fingerprint density at radius 2 is 0.329 bits per heavy atom. The van der Waals surface area contributed by atoms with E-state index in [0.29, 0.717) is 0 Å². The van der Waals surface area contributed by atoms with Crippen LogP contribution in [0.4, 0.5) is 0 Å². The third kappa shape index (κ3) is 14.4. The molecule has 0 aliphatic heterocycles. The Morgan fingerprint density at radius 1 is 0.171 bits per heavy atom. The van der Waals surface area contributed by atoms with Gasteiger partial charge in [0.15, 0.2) is 0 Å². The Labute approximate surface area is 462 Å². The summed E-state index contributed by atoms with van der Waals surface area (Å²) in [4.78, 5) is 0. The third-order valence-corrected chi connectivity index (χ3v) is 17.1. The molecule has 0 saturated heterocycles. The zero-order chi connectivity index (χ0) is 52.3. The minimum absolute atomic E-state index is 1.15. The second kappa shape index (κ2) is 28.6. The smallest absolute Gasteiger partial charge is 0.00134 e. The van der Waals surface area contributed by atoms with Crippen molar-refractivity contribution in [2.45, 2.75) is 207 Å². The first kappa shape index (κ1) is 55.0. The fourth-order valence-corrected chi connectivity index (χ4v) is 12.4. The Hall–Kier alpha value is -5.72. The van der Waals surface area contributed by atoms with E-state index in [1.54, 1.807) is 0 Å². The van der Waals surface area contributed by atoms with Crippen LogP contribution < -0.4 is 0 Å². The van der Waals surface area contributed by atoms with Crippen LogP contribution in [0.25, 0.3) is 66.8 Å². The van der Waals surface area contributed by atoms with E-state index in [9.17, 15) is 0 Å². The Kier molecular flexibility index (Phi) is 20.7. The summed E-state index contributed by atoms with van der Waals surface area (Å²) in [5.74, 6) is 0. The van der Waals surface area contributed by atoms with E-state index in [4.69, 9.17) is 0 Å². The number of hydrogen-bond donors (Lipinski definition) is 0. The summed E-state index contributed by atoms with van der Waals surface area (Å²) in [6.45, 7) is 9.22. The summed E-state index contributed by atoms with van der Waals surface area (Å²) in [6.07, 6.45) is 36.5. The molecule has 0 nitrogen and oxygen atoms in total. The molecule has 9 rings (SSSR count). The maximum Gasteiger partial charge on any atom is -0.00134 e. The third-order valence-electron chi connectivity index (χ3n) is 17.1. The van der Waals surface area contributed by atoms with Crippen molar-refractivity contribution in [3.63, 3.8) is 0 Å². The van der Waals surface area contributed by atoms with Gasteiger partial charge in [-0.2, -0.15) is 0 Å². The largest absolute Gasteiger partial charge is 0.0654 e. The lowest BCUT2D eigenvalue weighted by Gasteiger charge is -2.31. The van der Waals surface area contributed by atoms with Gasteiger partial charge in [-0.05, 0) is 211 Å². The van der Waals surface area contributed by atoms with Crippen LogP contribution >= 0.6 is 0 Å². The lowest BCUT2D eigenvalue weighted by molar-refractivity contribution is 0.607. The number of aryl methyl sites for hydroxylation is 4. The summed E-state index contributed by atoms with van der Waals surface area (Å²) in [5, 5.41) is 0. The van der Waals surface area contributed by atoms with Gasteiger partial charge in [0.1, 0.15) is 0 Å². The number of hydrogen-bond acceptors (Lipinski definition) is 0. The molecule has 0 saturated carbocycles. The number of rotatable bonds is 32. The van der Waals surface area contributed by atoms with Crippen LogP contribution in [-0.4, -0.2) is 0 Å². The predicted molar refractivity (Wildman–Crippen MR) is 334 cm³/mol. The molecule has 0 heteroatoms. The average Bonchev–Trinajstić information content (AvgIpc) is 4.11. The van der Waals surface area contributed by atoms with Crippen molar-refractivity contribution in [1.82, 2.24) is 0 Å². The van der Waals surface area contributed by atoms with E-state index in [-0.39, 0.29) is 0 Å². The van der Waals surface area contributed by atoms with Gasteiger partial charge in [0.05, 0.1) is 0 Å². The molecular formula is C76H92. The molecular weight excluding hydrogens is 913 g/mol. The first-order valence-electron chi connectivity index (χ1n) is 31.1.